The second kappa shape index (κ2) is 8.75. The van der Waals surface area contributed by atoms with Crippen molar-refractivity contribution < 1.29 is 19.1 Å². The van der Waals surface area contributed by atoms with Crippen LogP contribution in [0.1, 0.15) is 22.8 Å². The molecule has 1 heterocycles. The molecule has 2 aromatic carbocycles. The first kappa shape index (κ1) is 19.7. The van der Waals surface area contributed by atoms with Gasteiger partial charge in [-0.25, -0.2) is 0 Å². The molecular weight excluding hydrogens is 358 g/mol. The zero-order valence-electron chi connectivity index (χ0n) is 16.3. The van der Waals surface area contributed by atoms with E-state index >= 15 is 0 Å². The predicted molar refractivity (Wildman–Crippen MR) is 107 cm³/mol. The Labute approximate surface area is 164 Å². The summed E-state index contributed by atoms with van der Waals surface area (Å²) in [6, 6.07) is 12.4. The first-order chi connectivity index (χ1) is 13.5. The Hall–Kier alpha value is -3.06. The first-order valence-corrected chi connectivity index (χ1v) is 9.19. The van der Waals surface area contributed by atoms with Crippen molar-refractivity contribution in [1.82, 2.24) is 10.2 Å². The lowest BCUT2D eigenvalue weighted by Crippen LogP contribution is -2.39. The fourth-order valence-electron chi connectivity index (χ4n) is 2.90. The van der Waals surface area contributed by atoms with E-state index in [0.29, 0.717) is 42.5 Å². The number of fused-ring (bicyclic) bond motifs is 1. The van der Waals surface area contributed by atoms with E-state index in [1.165, 1.54) is 0 Å². The van der Waals surface area contributed by atoms with Crippen molar-refractivity contribution in [3.05, 3.63) is 53.6 Å². The van der Waals surface area contributed by atoms with Crippen LogP contribution in [0.15, 0.2) is 42.5 Å². The van der Waals surface area contributed by atoms with Crippen LogP contribution in [0, 0.1) is 0 Å². The molecule has 7 heteroatoms. The Morgan fingerprint density at radius 1 is 1.07 bits per heavy atom. The second-order valence-corrected chi connectivity index (χ2v) is 6.71. The SMILES string of the molecule is CNC(=O)c1ccc(CN(C)[C@@H](C)C(=O)Nc2ccc3c(c2)OCCO3)cc1. The summed E-state index contributed by atoms with van der Waals surface area (Å²) in [7, 11) is 3.49. The van der Waals surface area contributed by atoms with Gasteiger partial charge in [0.15, 0.2) is 11.5 Å². The monoisotopic (exact) mass is 383 g/mol. The standard InChI is InChI=1S/C21H25N3O4/c1-14(24(3)13-15-4-6-16(7-5-15)21(26)22-2)20(25)23-17-8-9-18-19(12-17)28-11-10-27-18/h4-9,12,14H,10-11,13H2,1-3H3,(H,22,26)(H,23,25)/t14-/m0/s1. The second-order valence-electron chi connectivity index (χ2n) is 6.71. The number of ether oxygens (including phenoxy) is 2. The van der Waals surface area contributed by atoms with E-state index in [4.69, 9.17) is 9.47 Å². The van der Waals surface area contributed by atoms with Crippen LogP contribution in [0.25, 0.3) is 0 Å². The maximum atomic E-state index is 12.6. The number of rotatable bonds is 6. The first-order valence-electron chi connectivity index (χ1n) is 9.19. The average Bonchev–Trinajstić information content (AvgIpc) is 2.73. The van der Waals surface area contributed by atoms with Gasteiger partial charge in [0.1, 0.15) is 13.2 Å². The Morgan fingerprint density at radius 3 is 2.43 bits per heavy atom. The molecule has 3 rings (SSSR count). The molecule has 2 amide bonds. The minimum atomic E-state index is -0.341. The number of nitrogens with one attached hydrogen (secondary N) is 2. The summed E-state index contributed by atoms with van der Waals surface area (Å²) < 4.78 is 11.0. The summed E-state index contributed by atoms with van der Waals surface area (Å²) >= 11 is 0. The van der Waals surface area contributed by atoms with Crippen LogP contribution in [-0.4, -0.2) is 50.1 Å². The van der Waals surface area contributed by atoms with Crippen LogP contribution in [0.3, 0.4) is 0 Å². The normalized spacial score (nSPS) is 13.7. The number of carbonyl (C=O) groups excluding carboxylic acids is 2. The molecule has 148 valence electrons. The molecule has 0 aliphatic carbocycles. The van der Waals surface area contributed by atoms with Crippen molar-refractivity contribution in [3.8, 4) is 11.5 Å². The number of amides is 2. The fourth-order valence-corrected chi connectivity index (χ4v) is 2.90. The zero-order chi connectivity index (χ0) is 20.1. The molecule has 0 unspecified atom stereocenters. The number of nitrogens with zero attached hydrogens (tertiary/aromatic N) is 1. The summed E-state index contributed by atoms with van der Waals surface area (Å²) in [5.74, 6) is 1.10. The molecule has 0 fully saturated rings. The number of hydrogen-bond donors (Lipinski definition) is 2. The fraction of sp³-hybridized carbons (Fsp3) is 0.333. The lowest BCUT2D eigenvalue weighted by Gasteiger charge is -2.24. The topological polar surface area (TPSA) is 79.9 Å². The lowest BCUT2D eigenvalue weighted by atomic mass is 10.1. The summed E-state index contributed by atoms with van der Waals surface area (Å²) in [4.78, 5) is 26.2. The van der Waals surface area contributed by atoms with Crippen LogP contribution >= 0.6 is 0 Å². The van der Waals surface area contributed by atoms with Gasteiger partial charge in [0, 0.05) is 30.9 Å². The number of likely N-dealkylation sites (N-methyl/N-ethyl adjacent to an activating group) is 1. The molecule has 0 saturated heterocycles. The highest BCUT2D eigenvalue weighted by Gasteiger charge is 2.20. The highest BCUT2D eigenvalue weighted by molar-refractivity contribution is 5.95. The number of hydrogen-bond acceptors (Lipinski definition) is 5. The minimum absolute atomic E-state index is 0.110. The Bertz CT molecular complexity index is 851. The smallest absolute Gasteiger partial charge is 0.251 e. The van der Waals surface area contributed by atoms with Gasteiger partial charge in [-0.2, -0.15) is 0 Å². The third-order valence-corrected chi connectivity index (χ3v) is 4.73. The highest BCUT2D eigenvalue weighted by atomic mass is 16.6. The third kappa shape index (κ3) is 4.61. The van der Waals surface area contributed by atoms with Gasteiger partial charge < -0.3 is 20.1 Å². The number of anilines is 1. The Morgan fingerprint density at radius 2 is 1.75 bits per heavy atom. The van der Waals surface area contributed by atoms with Gasteiger partial charge >= 0.3 is 0 Å². The molecule has 7 nitrogen and oxygen atoms in total. The van der Waals surface area contributed by atoms with Crippen LogP contribution in [-0.2, 0) is 11.3 Å². The average molecular weight is 383 g/mol. The van der Waals surface area contributed by atoms with Gasteiger partial charge in [0.05, 0.1) is 6.04 Å². The molecule has 28 heavy (non-hydrogen) atoms. The van der Waals surface area contributed by atoms with Gasteiger partial charge in [-0.15, -0.1) is 0 Å². The van der Waals surface area contributed by atoms with Crippen LogP contribution in [0.4, 0.5) is 5.69 Å². The van der Waals surface area contributed by atoms with Gasteiger partial charge in [-0.05, 0) is 43.8 Å². The van der Waals surface area contributed by atoms with Gasteiger partial charge in [0.25, 0.3) is 5.91 Å². The number of benzene rings is 2. The van der Waals surface area contributed by atoms with E-state index in [0.717, 1.165) is 5.56 Å². The van der Waals surface area contributed by atoms with Crippen molar-refractivity contribution in [1.29, 1.82) is 0 Å². The summed E-state index contributed by atoms with van der Waals surface area (Å²) in [5.41, 5.74) is 2.30. The largest absolute Gasteiger partial charge is 0.486 e. The van der Waals surface area contributed by atoms with Crippen molar-refractivity contribution in [3.63, 3.8) is 0 Å². The van der Waals surface area contributed by atoms with Crippen molar-refractivity contribution in [2.75, 3.05) is 32.6 Å². The molecule has 2 aromatic rings. The van der Waals surface area contributed by atoms with Crippen molar-refractivity contribution in [2.24, 2.45) is 0 Å². The summed E-state index contributed by atoms with van der Waals surface area (Å²) in [5, 5.41) is 5.52. The molecule has 1 atom stereocenters. The molecule has 0 bridgehead atoms. The zero-order valence-corrected chi connectivity index (χ0v) is 16.3. The van der Waals surface area contributed by atoms with Gasteiger partial charge in [-0.3, -0.25) is 14.5 Å². The molecular formula is C21H25N3O4. The van der Waals surface area contributed by atoms with E-state index in [1.54, 1.807) is 37.4 Å². The Kier molecular flexibility index (Phi) is 6.16. The van der Waals surface area contributed by atoms with Crippen molar-refractivity contribution in [2.45, 2.75) is 19.5 Å². The van der Waals surface area contributed by atoms with E-state index in [-0.39, 0.29) is 17.9 Å². The maximum Gasteiger partial charge on any atom is 0.251 e. The summed E-state index contributed by atoms with van der Waals surface area (Å²) in [6.45, 7) is 3.48. The van der Waals surface area contributed by atoms with Crippen LogP contribution in [0.5, 0.6) is 11.5 Å². The maximum absolute atomic E-state index is 12.6. The minimum Gasteiger partial charge on any atom is -0.486 e. The van der Waals surface area contributed by atoms with Gasteiger partial charge in [0.2, 0.25) is 5.91 Å². The molecule has 0 aromatic heterocycles. The van der Waals surface area contributed by atoms with E-state index in [2.05, 4.69) is 10.6 Å². The molecule has 0 radical (unpaired) electrons. The van der Waals surface area contributed by atoms with Crippen LogP contribution in [0.2, 0.25) is 0 Å². The Balaban J connectivity index is 1.58. The third-order valence-electron chi connectivity index (χ3n) is 4.73. The highest BCUT2D eigenvalue weighted by Crippen LogP contribution is 2.32. The van der Waals surface area contributed by atoms with Gasteiger partial charge in [-0.1, -0.05) is 12.1 Å². The molecule has 1 aliphatic heterocycles. The quantitative estimate of drug-likeness (QED) is 0.800. The molecule has 2 N–H and O–H groups in total. The predicted octanol–water partition coefficient (Wildman–Crippen LogP) is 2.28. The molecule has 0 saturated carbocycles. The van der Waals surface area contributed by atoms with E-state index in [9.17, 15) is 9.59 Å². The summed E-state index contributed by atoms with van der Waals surface area (Å²) in [6.07, 6.45) is 0. The number of carbonyl (C=O) groups is 2. The molecule has 1 aliphatic rings. The van der Waals surface area contributed by atoms with E-state index in [1.807, 2.05) is 31.0 Å². The van der Waals surface area contributed by atoms with E-state index < -0.39 is 0 Å². The van der Waals surface area contributed by atoms with Crippen molar-refractivity contribution >= 4 is 17.5 Å². The lowest BCUT2D eigenvalue weighted by molar-refractivity contribution is -0.120. The molecule has 0 spiro atoms. The van der Waals surface area contributed by atoms with Crippen LogP contribution < -0.4 is 20.1 Å².